The van der Waals surface area contributed by atoms with Crippen LogP contribution >= 0.6 is 0 Å². The van der Waals surface area contributed by atoms with Gasteiger partial charge in [-0.2, -0.15) is 0 Å². The van der Waals surface area contributed by atoms with Gasteiger partial charge < -0.3 is 9.53 Å². The minimum atomic E-state index is -1.84. The maximum Gasteiger partial charge on any atom is 0.192 e. The molecule has 2 atom stereocenters. The van der Waals surface area contributed by atoms with Crippen molar-refractivity contribution in [3.63, 3.8) is 0 Å². The molecule has 0 unspecified atom stereocenters. The van der Waals surface area contributed by atoms with E-state index in [1.807, 2.05) is 30.3 Å². The Morgan fingerprint density at radius 1 is 1.29 bits per heavy atom. The van der Waals surface area contributed by atoms with Crippen LogP contribution in [0.5, 0.6) is 0 Å². The van der Waals surface area contributed by atoms with Gasteiger partial charge in [0.2, 0.25) is 0 Å². The summed E-state index contributed by atoms with van der Waals surface area (Å²) in [5.41, 5.74) is 0.725. The number of aliphatic hydroxyl groups excluding tert-OH is 1. The summed E-state index contributed by atoms with van der Waals surface area (Å²) in [6, 6.07) is 9.36. The Labute approximate surface area is 147 Å². The van der Waals surface area contributed by atoms with E-state index in [4.69, 9.17) is 4.43 Å². The second-order valence-electron chi connectivity index (χ2n) is 8.29. The fraction of sp³-hybridized carbons (Fsp3) is 0.632. The Hall–Kier alpha value is -1.01. The molecular weight excluding hydrogens is 318 g/mol. The molecule has 0 aromatic heterocycles. The number of hydrogen-bond acceptors (Lipinski definition) is 4. The molecule has 1 saturated heterocycles. The zero-order valence-corrected chi connectivity index (χ0v) is 16.6. The predicted octanol–water partition coefficient (Wildman–Crippen LogP) is 3.33. The van der Waals surface area contributed by atoms with Crippen molar-refractivity contribution in [2.45, 2.75) is 57.5 Å². The minimum Gasteiger partial charge on any atom is -0.413 e. The van der Waals surface area contributed by atoms with E-state index >= 15 is 0 Å². The maximum atomic E-state index is 12.5. The smallest absolute Gasteiger partial charge is 0.192 e. The van der Waals surface area contributed by atoms with Crippen LogP contribution in [0.1, 0.15) is 37.6 Å². The Kier molecular flexibility index (Phi) is 6.02. The maximum absolute atomic E-state index is 12.5. The van der Waals surface area contributed by atoms with Gasteiger partial charge in [-0.1, -0.05) is 51.1 Å². The van der Waals surface area contributed by atoms with Crippen LogP contribution in [0.25, 0.3) is 0 Å². The molecule has 4 nitrogen and oxygen atoms in total. The first-order chi connectivity index (χ1) is 11.1. The first-order valence-corrected chi connectivity index (χ1v) is 11.7. The van der Waals surface area contributed by atoms with E-state index in [1.54, 1.807) is 0 Å². The van der Waals surface area contributed by atoms with Crippen molar-refractivity contribution in [3.05, 3.63) is 35.9 Å². The Morgan fingerprint density at radius 3 is 2.46 bits per heavy atom. The topological polar surface area (TPSA) is 49.8 Å². The molecule has 24 heavy (non-hydrogen) atoms. The fourth-order valence-corrected chi connectivity index (χ4v) is 4.26. The van der Waals surface area contributed by atoms with Crippen molar-refractivity contribution in [2.75, 3.05) is 19.7 Å². The summed E-state index contributed by atoms with van der Waals surface area (Å²) in [4.78, 5) is 14.5. The largest absolute Gasteiger partial charge is 0.413 e. The number of likely N-dealkylation sites (tertiary alicyclic amines) is 1. The number of carbonyl (C=O) groups excluding carboxylic acids is 1. The number of hydrogen-bond donors (Lipinski definition) is 1. The molecule has 1 heterocycles. The van der Waals surface area contributed by atoms with Gasteiger partial charge >= 0.3 is 0 Å². The third kappa shape index (κ3) is 4.54. The van der Waals surface area contributed by atoms with Crippen LogP contribution in [0, 0.1) is 0 Å². The number of ketones is 1. The van der Waals surface area contributed by atoms with Crippen LogP contribution < -0.4 is 0 Å². The summed E-state index contributed by atoms with van der Waals surface area (Å²) in [5.74, 6) is 0.0991. The SMILES string of the molecule is CC(C)(C)[Si](C)(C)O[C@H]1C[C@H](CO)N(CC(=O)c2ccccc2)C1. The zero-order chi connectivity index (χ0) is 18.0. The van der Waals surface area contributed by atoms with Crippen LogP contribution in [0.4, 0.5) is 0 Å². The highest BCUT2D eigenvalue weighted by Crippen LogP contribution is 2.38. The molecule has 134 valence electrons. The van der Waals surface area contributed by atoms with E-state index in [-0.39, 0.29) is 29.6 Å². The van der Waals surface area contributed by atoms with Gasteiger partial charge in [-0.25, -0.2) is 0 Å². The molecule has 1 aliphatic rings. The summed E-state index contributed by atoms with van der Waals surface area (Å²) in [7, 11) is -1.84. The second kappa shape index (κ2) is 7.48. The monoisotopic (exact) mass is 349 g/mol. The lowest BCUT2D eigenvalue weighted by atomic mass is 10.1. The van der Waals surface area contributed by atoms with E-state index in [9.17, 15) is 9.90 Å². The summed E-state index contributed by atoms with van der Waals surface area (Å²) in [5, 5.41) is 9.86. The number of rotatable bonds is 6. The van der Waals surface area contributed by atoms with Gasteiger partial charge in [0.05, 0.1) is 19.3 Å². The minimum absolute atomic E-state index is 0.00688. The van der Waals surface area contributed by atoms with Gasteiger partial charge in [0.15, 0.2) is 14.1 Å². The molecule has 0 aliphatic carbocycles. The quantitative estimate of drug-likeness (QED) is 0.632. The Bertz CT molecular complexity index is 553. The second-order valence-corrected chi connectivity index (χ2v) is 13.0. The van der Waals surface area contributed by atoms with Crippen LogP contribution in [0.15, 0.2) is 30.3 Å². The third-order valence-electron chi connectivity index (χ3n) is 5.41. The average molecular weight is 350 g/mol. The summed E-state index contributed by atoms with van der Waals surface area (Å²) >= 11 is 0. The van der Waals surface area contributed by atoms with Crippen LogP contribution in [-0.4, -0.2) is 55.9 Å². The number of aliphatic hydroxyl groups is 1. The highest BCUT2D eigenvalue weighted by molar-refractivity contribution is 6.74. The normalized spacial score (nSPS) is 22.8. The summed E-state index contributed by atoms with van der Waals surface area (Å²) in [6.45, 7) is 12.3. The van der Waals surface area contributed by atoms with E-state index in [0.29, 0.717) is 6.54 Å². The lowest BCUT2D eigenvalue weighted by Crippen LogP contribution is -2.44. The summed E-state index contributed by atoms with van der Waals surface area (Å²) < 4.78 is 6.49. The number of nitrogens with zero attached hydrogens (tertiary/aromatic N) is 1. The van der Waals surface area contributed by atoms with Crippen molar-refractivity contribution in [2.24, 2.45) is 0 Å². The fourth-order valence-electron chi connectivity index (χ4n) is 2.90. The molecule has 1 N–H and O–H groups in total. The molecular formula is C19H31NO3Si. The third-order valence-corrected chi connectivity index (χ3v) is 9.95. The predicted molar refractivity (Wildman–Crippen MR) is 99.9 cm³/mol. The van der Waals surface area contributed by atoms with E-state index < -0.39 is 8.32 Å². The number of carbonyl (C=O) groups is 1. The highest BCUT2D eigenvalue weighted by Gasteiger charge is 2.42. The molecule has 1 aliphatic heterocycles. The number of Topliss-reactive ketones (excluding diaryl/α,β-unsaturated/α-hetero) is 1. The molecule has 0 radical (unpaired) electrons. The van der Waals surface area contributed by atoms with Crippen molar-refractivity contribution in [1.29, 1.82) is 0 Å². The van der Waals surface area contributed by atoms with Crippen molar-refractivity contribution in [1.82, 2.24) is 4.90 Å². The van der Waals surface area contributed by atoms with Gasteiger partial charge in [0, 0.05) is 18.2 Å². The molecule has 0 saturated carbocycles. The standard InChI is InChI=1S/C19H31NO3Si/c1-19(2,3)24(4,5)23-17-11-16(14-21)20(12-17)13-18(22)15-9-7-6-8-10-15/h6-10,16-17,21H,11-14H2,1-5H3/t16-,17+/m1/s1. The average Bonchev–Trinajstić information content (AvgIpc) is 2.87. The molecule has 5 heteroatoms. The van der Waals surface area contributed by atoms with E-state index in [2.05, 4.69) is 38.8 Å². The molecule has 0 amide bonds. The lowest BCUT2D eigenvalue weighted by molar-refractivity contribution is 0.0882. The van der Waals surface area contributed by atoms with Gasteiger partial charge in [-0.15, -0.1) is 0 Å². The Morgan fingerprint density at radius 2 is 1.92 bits per heavy atom. The van der Waals surface area contributed by atoms with Crippen LogP contribution in [-0.2, 0) is 4.43 Å². The van der Waals surface area contributed by atoms with Crippen LogP contribution in [0.2, 0.25) is 18.1 Å². The lowest BCUT2D eigenvalue weighted by Gasteiger charge is -2.38. The van der Waals surface area contributed by atoms with Crippen LogP contribution in [0.3, 0.4) is 0 Å². The first-order valence-electron chi connectivity index (χ1n) is 8.75. The molecule has 1 aromatic rings. The molecule has 2 rings (SSSR count). The highest BCUT2D eigenvalue weighted by atomic mass is 28.4. The molecule has 0 bridgehead atoms. The Balaban J connectivity index is 2.01. The van der Waals surface area contributed by atoms with Gasteiger partial charge in [0.25, 0.3) is 0 Å². The van der Waals surface area contributed by atoms with Gasteiger partial charge in [-0.05, 0) is 24.6 Å². The van der Waals surface area contributed by atoms with Crippen molar-refractivity contribution >= 4 is 14.1 Å². The summed E-state index contributed by atoms with van der Waals surface area (Å²) in [6.07, 6.45) is 0.900. The van der Waals surface area contributed by atoms with E-state index in [0.717, 1.165) is 18.5 Å². The van der Waals surface area contributed by atoms with E-state index in [1.165, 1.54) is 0 Å². The van der Waals surface area contributed by atoms with Crippen molar-refractivity contribution < 1.29 is 14.3 Å². The molecule has 1 aromatic carbocycles. The zero-order valence-electron chi connectivity index (χ0n) is 15.6. The molecule has 1 fully saturated rings. The number of benzene rings is 1. The molecule has 0 spiro atoms. The van der Waals surface area contributed by atoms with Gasteiger partial charge in [0.1, 0.15) is 0 Å². The first kappa shape index (κ1) is 19.3. The van der Waals surface area contributed by atoms with Crippen molar-refractivity contribution in [3.8, 4) is 0 Å². The van der Waals surface area contributed by atoms with Gasteiger partial charge in [-0.3, -0.25) is 9.69 Å².